The molecule has 1 aliphatic rings. The van der Waals surface area contributed by atoms with Crippen LogP contribution in [0.1, 0.15) is 18.4 Å². The van der Waals surface area contributed by atoms with Crippen molar-refractivity contribution < 1.29 is 9.59 Å². The largest absolute Gasteiger partial charge is 0.339 e. The molecule has 0 radical (unpaired) electrons. The van der Waals surface area contributed by atoms with Crippen molar-refractivity contribution >= 4 is 18.3 Å². The van der Waals surface area contributed by atoms with Gasteiger partial charge in [0.05, 0.1) is 0 Å². The van der Waals surface area contributed by atoms with Crippen LogP contribution in [0.3, 0.4) is 0 Å². The van der Waals surface area contributed by atoms with E-state index in [-0.39, 0.29) is 11.8 Å². The van der Waals surface area contributed by atoms with Gasteiger partial charge in [-0.25, -0.2) is 0 Å². The summed E-state index contributed by atoms with van der Waals surface area (Å²) in [5.41, 5.74) is 1.02. The number of rotatable bonds is 3. The third-order valence-corrected chi connectivity index (χ3v) is 3.26. The number of carbonyl (C=O) groups excluding carboxylic acids is 2. The van der Waals surface area contributed by atoms with Crippen LogP contribution in [-0.4, -0.2) is 30.2 Å². The Kier molecular flexibility index (Phi) is 4.29. The lowest BCUT2D eigenvalue weighted by Crippen LogP contribution is -2.37. The van der Waals surface area contributed by atoms with Crippen LogP contribution in [0.4, 0.5) is 0 Å². The van der Waals surface area contributed by atoms with E-state index < -0.39 is 0 Å². The van der Waals surface area contributed by atoms with Gasteiger partial charge in [0.25, 0.3) is 0 Å². The second kappa shape index (κ2) is 6.15. The molecule has 18 heavy (non-hydrogen) atoms. The van der Waals surface area contributed by atoms with Crippen molar-refractivity contribution in [2.45, 2.75) is 12.8 Å². The number of hydrogen-bond donors (Lipinski definition) is 0. The lowest BCUT2D eigenvalue weighted by Gasteiger charge is -2.28. The summed E-state index contributed by atoms with van der Waals surface area (Å²) in [4.78, 5) is 24.4. The summed E-state index contributed by atoms with van der Waals surface area (Å²) in [6, 6.07) is 9.76. The van der Waals surface area contributed by atoms with Gasteiger partial charge < -0.3 is 9.69 Å². The number of nitrogens with zero attached hydrogens (tertiary/aromatic N) is 1. The van der Waals surface area contributed by atoms with E-state index in [4.69, 9.17) is 0 Å². The molecule has 0 spiro atoms. The molecule has 1 fully saturated rings. The minimum Gasteiger partial charge on any atom is -0.339 e. The zero-order valence-corrected chi connectivity index (χ0v) is 10.3. The molecule has 3 nitrogen and oxygen atoms in total. The number of piperidine rings is 1. The molecule has 1 heterocycles. The standard InChI is InChI=1S/C15H17NO2/c17-12-14-8-10-16(11-9-14)15(18)7-6-13-4-2-1-3-5-13/h1-7,12,14H,8-11H2/b7-6+. The molecule has 0 aliphatic carbocycles. The van der Waals surface area contributed by atoms with Crippen molar-refractivity contribution in [3.8, 4) is 0 Å². The third-order valence-electron chi connectivity index (χ3n) is 3.26. The molecule has 2 rings (SSSR count). The van der Waals surface area contributed by atoms with E-state index in [1.165, 1.54) is 0 Å². The maximum atomic E-state index is 11.9. The second-order valence-corrected chi connectivity index (χ2v) is 4.54. The average molecular weight is 243 g/mol. The Balaban J connectivity index is 1.89. The molecule has 0 N–H and O–H groups in total. The molecule has 0 aromatic heterocycles. The summed E-state index contributed by atoms with van der Waals surface area (Å²) in [6.07, 6.45) is 6.01. The van der Waals surface area contributed by atoms with Gasteiger partial charge in [-0.15, -0.1) is 0 Å². The normalized spacial score (nSPS) is 17.0. The van der Waals surface area contributed by atoms with Crippen molar-refractivity contribution in [3.63, 3.8) is 0 Å². The molecule has 1 aliphatic heterocycles. The van der Waals surface area contributed by atoms with E-state index in [2.05, 4.69) is 0 Å². The van der Waals surface area contributed by atoms with Crippen LogP contribution in [0.5, 0.6) is 0 Å². The van der Waals surface area contributed by atoms with Crippen molar-refractivity contribution in [1.82, 2.24) is 4.90 Å². The second-order valence-electron chi connectivity index (χ2n) is 4.54. The predicted molar refractivity (Wildman–Crippen MR) is 70.8 cm³/mol. The molecule has 0 atom stereocenters. The quantitative estimate of drug-likeness (QED) is 0.602. The lowest BCUT2D eigenvalue weighted by atomic mass is 9.98. The van der Waals surface area contributed by atoms with Crippen molar-refractivity contribution in [3.05, 3.63) is 42.0 Å². The monoisotopic (exact) mass is 243 g/mol. The zero-order chi connectivity index (χ0) is 12.8. The van der Waals surface area contributed by atoms with Gasteiger partial charge in [0.1, 0.15) is 6.29 Å². The summed E-state index contributed by atoms with van der Waals surface area (Å²) in [6.45, 7) is 1.36. The van der Waals surface area contributed by atoms with Crippen molar-refractivity contribution in [1.29, 1.82) is 0 Å². The van der Waals surface area contributed by atoms with E-state index in [1.54, 1.807) is 11.0 Å². The third kappa shape index (κ3) is 3.29. The minimum atomic E-state index is 0.0307. The average Bonchev–Trinajstić information content (AvgIpc) is 2.46. The van der Waals surface area contributed by atoms with Crippen LogP contribution in [0, 0.1) is 5.92 Å². The maximum absolute atomic E-state index is 11.9. The molecule has 94 valence electrons. The molecule has 0 unspecified atom stereocenters. The van der Waals surface area contributed by atoms with Gasteiger partial charge in [-0.2, -0.15) is 0 Å². The van der Waals surface area contributed by atoms with E-state index in [1.807, 2.05) is 36.4 Å². The molecule has 1 saturated heterocycles. The molecule has 1 aromatic carbocycles. The Morgan fingerprint density at radius 2 is 1.83 bits per heavy atom. The molecule has 0 saturated carbocycles. The highest BCUT2D eigenvalue weighted by Crippen LogP contribution is 2.15. The highest BCUT2D eigenvalue weighted by Gasteiger charge is 2.20. The van der Waals surface area contributed by atoms with E-state index in [0.717, 1.165) is 24.7 Å². The van der Waals surface area contributed by atoms with Gasteiger partial charge in [-0.1, -0.05) is 30.3 Å². The number of hydrogen-bond acceptors (Lipinski definition) is 2. The fraction of sp³-hybridized carbons (Fsp3) is 0.333. The molecule has 1 aromatic rings. The van der Waals surface area contributed by atoms with Crippen LogP contribution < -0.4 is 0 Å². The fourth-order valence-corrected chi connectivity index (χ4v) is 2.09. The summed E-state index contributed by atoms with van der Waals surface area (Å²) >= 11 is 0. The zero-order valence-electron chi connectivity index (χ0n) is 10.3. The Bertz CT molecular complexity index is 431. The number of carbonyl (C=O) groups is 2. The lowest BCUT2D eigenvalue weighted by molar-refractivity contribution is -0.128. The number of amides is 1. The van der Waals surface area contributed by atoms with E-state index in [9.17, 15) is 9.59 Å². The molecular formula is C15H17NO2. The first-order chi connectivity index (χ1) is 8.79. The van der Waals surface area contributed by atoms with Gasteiger partial charge in [0, 0.05) is 25.1 Å². The number of likely N-dealkylation sites (tertiary alicyclic amines) is 1. The molecular weight excluding hydrogens is 226 g/mol. The van der Waals surface area contributed by atoms with E-state index >= 15 is 0 Å². The van der Waals surface area contributed by atoms with Crippen molar-refractivity contribution in [2.75, 3.05) is 13.1 Å². The topological polar surface area (TPSA) is 37.4 Å². The van der Waals surface area contributed by atoms with Crippen LogP contribution in [0.15, 0.2) is 36.4 Å². The minimum absolute atomic E-state index is 0.0307. The van der Waals surface area contributed by atoms with Crippen molar-refractivity contribution in [2.24, 2.45) is 5.92 Å². The SMILES string of the molecule is O=CC1CCN(C(=O)/C=C/c2ccccc2)CC1. The van der Waals surface area contributed by atoms with Gasteiger partial charge in [0.15, 0.2) is 0 Å². The summed E-state index contributed by atoms with van der Waals surface area (Å²) in [5, 5.41) is 0. The Morgan fingerprint density at radius 3 is 2.44 bits per heavy atom. The first-order valence-corrected chi connectivity index (χ1v) is 6.27. The Hall–Kier alpha value is -1.90. The van der Waals surface area contributed by atoms with Gasteiger partial charge >= 0.3 is 0 Å². The first kappa shape index (κ1) is 12.6. The van der Waals surface area contributed by atoms with Crippen LogP contribution in [0.25, 0.3) is 6.08 Å². The molecule has 1 amide bonds. The maximum Gasteiger partial charge on any atom is 0.246 e. The number of benzene rings is 1. The van der Waals surface area contributed by atoms with Crippen LogP contribution in [-0.2, 0) is 9.59 Å². The Labute approximate surface area is 107 Å². The van der Waals surface area contributed by atoms with Crippen LogP contribution >= 0.6 is 0 Å². The number of aldehydes is 1. The summed E-state index contributed by atoms with van der Waals surface area (Å²) in [7, 11) is 0. The predicted octanol–water partition coefficient (Wildman–Crippen LogP) is 2.14. The van der Waals surface area contributed by atoms with E-state index in [0.29, 0.717) is 13.1 Å². The summed E-state index contributed by atoms with van der Waals surface area (Å²) in [5.74, 6) is 0.162. The first-order valence-electron chi connectivity index (χ1n) is 6.27. The highest BCUT2D eigenvalue weighted by molar-refractivity contribution is 5.91. The van der Waals surface area contributed by atoms with Gasteiger partial charge in [-0.3, -0.25) is 4.79 Å². The van der Waals surface area contributed by atoms with Gasteiger partial charge in [0.2, 0.25) is 5.91 Å². The smallest absolute Gasteiger partial charge is 0.246 e. The van der Waals surface area contributed by atoms with Crippen LogP contribution in [0.2, 0.25) is 0 Å². The van der Waals surface area contributed by atoms with Gasteiger partial charge in [-0.05, 0) is 24.5 Å². The fourth-order valence-electron chi connectivity index (χ4n) is 2.09. The molecule has 0 bridgehead atoms. The molecule has 3 heteroatoms. The summed E-state index contributed by atoms with van der Waals surface area (Å²) < 4.78 is 0. The highest BCUT2D eigenvalue weighted by atomic mass is 16.2. The Morgan fingerprint density at radius 1 is 1.17 bits per heavy atom.